The zero-order valence-corrected chi connectivity index (χ0v) is 20.4. The van der Waals surface area contributed by atoms with E-state index in [1.807, 2.05) is 66.7 Å². The van der Waals surface area contributed by atoms with Crippen molar-refractivity contribution in [3.05, 3.63) is 100 Å². The average molecular weight is 499 g/mol. The third-order valence-corrected chi connectivity index (χ3v) is 6.48. The molecule has 36 heavy (non-hydrogen) atoms. The van der Waals surface area contributed by atoms with E-state index in [0.717, 1.165) is 16.0 Å². The van der Waals surface area contributed by atoms with Crippen molar-refractivity contribution in [1.82, 2.24) is 14.8 Å². The number of benzene rings is 3. The molecule has 5 aromatic rings. The largest absolute Gasteiger partial charge is 0.469 e. The van der Waals surface area contributed by atoms with E-state index in [4.69, 9.17) is 9.47 Å². The zero-order chi connectivity index (χ0) is 25.1. The number of ether oxygens (including phenoxy) is 2. The van der Waals surface area contributed by atoms with Crippen LogP contribution in [0, 0.1) is 0 Å². The molecule has 5 rings (SSSR count). The number of carbonyl (C=O) groups is 1. The molecule has 1 N–H and O–H groups in total. The first-order valence-electron chi connectivity index (χ1n) is 11.2. The van der Waals surface area contributed by atoms with Crippen molar-refractivity contribution < 1.29 is 14.3 Å². The van der Waals surface area contributed by atoms with Crippen LogP contribution in [0.15, 0.2) is 88.6 Å². The van der Waals surface area contributed by atoms with Gasteiger partial charge in [-0.1, -0.05) is 41.7 Å². The summed E-state index contributed by atoms with van der Waals surface area (Å²) < 4.78 is 13.0. The van der Waals surface area contributed by atoms with Crippen LogP contribution in [0.25, 0.3) is 15.3 Å². The highest BCUT2D eigenvalue weighted by Crippen LogP contribution is 2.26. The number of para-hydroxylation sites is 2. The number of thiazole rings is 1. The molecule has 0 saturated heterocycles. The van der Waals surface area contributed by atoms with Crippen molar-refractivity contribution in [2.24, 2.45) is 4.99 Å². The van der Waals surface area contributed by atoms with Gasteiger partial charge in [0.2, 0.25) is 5.13 Å². The minimum Gasteiger partial charge on any atom is -0.469 e. The van der Waals surface area contributed by atoms with Gasteiger partial charge in [-0.15, -0.1) is 0 Å². The first-order valence-corrected chi connectivity index (χ1v) is 12.0. The number of esters is 1. The summed E-state index contributed by atoms with van der Waals surface area (Å²) in [6.07, 6.45) is -0.102. The van der Waals surface area contributed by atoms with Gasteiger partial charge in [-0.05, 0) is 55.5 Å². The Kier molecular flexibility index (Phi) is 6.46. The van der Waals surface area contributed by atoms with Gasteiger partial charge in [0.05, 0.1) is 46.4 Å². The molecule has 3 aromatic carbocycles. The van der Waals surface area contributed by atoms with E-state index in [1.165, 1.54) is 23.1 Å². The van der Waals surface area contributed by atoms with E-state index >= 15 is 0 Å². The molecule has 0 aliphatic carbocycles. The molecule has 8 nitrogen and oxygen atoms in total. The van der Waals surface area contributed by atoms with Crippen molar-refractivity contribution in [2.75, 3.05) is 7.11 Å². The van der Waals surface area contributed by atoms with Crippen molar-refractivity contribution >= 4 is 38.9 Å². The summed E-state index contributed by atoms with van der Waals surface area (Å²) in [5, 5.41) is 3.53. The number of hydrogen-bond acceptors (Lipinski definition) is 7. The van der Waals surface area contributed by atoms with Crippen LogP contribution in [0.3, 0.4) is 0 Å². The van der Waals surface area contributed by atoms with Gasteiger partial charge in [0, 0.05) is 0 Å². The fraction of sp³-hybridized carbons (Fsp3) is 0.111. The molecular weight excluding hydrogens is 476 g/mol. The highest BCUT2D eigenvalue weighted by Gasteiger charge is 2.22. The number of carbonyl (C=O) groups excluding carboxylic acids is 1. The van der Waals surface area contributed by atoms with Crippen LogP contribution in [0.2, 0.25) is 0 Å². The minimum absolute atomic E-state index is 0.102. The second-order valence-corrected chi connectivity index (χ2v) is 8.94. The summed E-state index contributed by atoms with van der Waals surface area (Å²) in [6, 6.07) is 24.4. The van der Waals surface area contributed by atoms with E-state index in [0.29, 0.717) is 33.5 Å². The molecule has 0 aliphatic heterocycles. The molecule has 0 atom stereocenters. The van der Waals surface area contributed by atoms with Gasteiger partial charge >= 0.3 is 5.97 Å². The Labute approximate surface area is 210 Å². The van der Waals surface area contributed by atoms with Crippen molar-refractivity contribution in [3.63, 3.8) is 0 Å². The monoisotopic (exact) mass is 498 g/mol. The Hall–Kier alpha value is -4.50. The molecule has 2 heterocycles. The molecule has 0 bridgehead atoms. The van der Waals surface area contributed by atoms with Crippen molar-refractivity contribution in [1.29, 1.82) is 0 Å². The standard InChI is InChI=1S/C27H22N4O4S/c1-17(28-18-12-14-20(15-13-18)35-19-8-4-3-5-9-19)25-22(16-24(32)34-2)30-31(26(25)33)27-29-21-10-6-7-11-23(21)36-27/h3-15,30H,16H2,1-2H3. The van der Waals surface area contributed by atoms with Gasteiger partial charge in [0.1, 0.15) is 11.5 Å². The number of methoxy groups -OCH3 is 1. The molecule has 2 aromatic heterocycles. The Morgan fingerprint density at radius 1 is 1.00 bits per heavy atom. The third-order valence-electron chi connectivity index (χ3n) is 5.46. The molecule has 0 fully saturated rings. The lowest BCUT2D eigenvalue weighted by Crippen LogP contribution is -2.19. The highest BCUT2D eigenvalue weighted by atomic mass is 32.1. The highest BCUT2D eigenvalue weighted by molar-refractivity contribution is 7.20. The van der Waals surface area contributed by atoms with E-state index in [-0.39, 0.29) is 12.0 Å². The summed E-state index contributed by atoms with van der Waals surface area (Å²) in [7, 11) is 1.31. The summed E-state index contributed by atoms with van der Waals surface area (Å²) in [4.78, 5) is 34.8. The Bertz CT molecular complexity index is 1580. The Balaban J connectivity index is 1.49. The number of nitrogens with one attached hydrogen (secondary N) is 1. The van der Waals surface area contributed by atoms with Crippen LogP contribution >= 0.6 is 11.3 Å². The lowest BCUT2D eigenvalue weighted by molar-refractivity contribution is -0.139. The van der Waals surface area contributed by atoms with Gasteiger partial charge in [-0.25, -0.2) is 4.98 Å². The minimum atomic E-state index is -0.468. The Morgan fingerprint density at radius 2 is 1.69 bits per heavy atom. The van der Waals surface area contributed by atoms with E-state index in [9.17, 15) is 9.59 Å². The number of aromatic nitrogens is 3. The van der Waals surface area contributed by atoms with Gasteiger partial charge in [-0.3, -0.25) is 19.7 Å². The molecule has 0 unspecified atom stereocenters. The number of H-pyrrole nitrogens is 1. The summed E-state index contributed by atoms with van der Waals surface area (Å²) >= 11 is 1.38. The molecule has 0 saturated carbocycles. The smallest absolute Gasteiger partial charge is 0.311 e. The van der Waals surface area contributed by atoms with Crippen LogP contribution in [0.4, 0.5) is 5.69 Å². The van der Waals surface area contributed by atoms with E-state index in [2.05, 4.69) is 15.1 Å². The van der Waals surface area contributed by atoms with Crippen molar-refractivity contribution in [2.45, 2.75) is 13.3 Å². The molecule has 9 heteroatoms. The molecule has 0 amide bonds. The molecule has 0 radical (unpaired) electrons. The number of hydrogen-bond donors (Lipinski definition) is 1. The van der Waals surface area contributed by atoms with Crippen LogP contribution in [0.5, 0.6) is 11.5 Å². The lowest BCUT2D eigenvalue weighted by atomic mass is 10.1. The fourth-order valence-corrected chi connectivity index (χ4v) is 4.68. The maximum atomic E-state index is 13.5. The maximum absolute atomic E-state index is 13.5. The predicted octanol–water partition coefficient (Wildman–Crippen LogP) is 5.42. The summed E-state index contributed by atoms with van der Waals surface area (Å²) in [6.45, 7) is 1.74. The number of aliphatic imine (C=N–C) groups is 1. The van der Waals surface area contributed by atoms with Gasteiger partial charge in [0.15, 0.2) is 0 Å². The predicted molar refractivity (Wildman–Crippen MR) is 140 cm³/mol. The third kappa shape index (κ3) is 4.82. The van der Waals surface area contributed by atoms with Gasteiger partial charge in [-0.2, -0.15) is 4.68 Å². The maximum Gasteiger partial charge on any atom is 0.311 e. The van der Waals surface area contributed by atoms with Crippen LogP contribution in [-0.4, -0.2) is 33.6 Å². The van der Waals surface area contributed by atoms with Gasteiger partial charge < -0.3 is 9.47 Å². The number of rotatable bonds is 7. The first kappa shape index (κ1) is 23.3. The topological polar surface area (TPSA) is 98.6 Å². The Morgan fingerprint density at radius 3 is 2.42 bits per heavy atom. The SMILES string of the molecule is COC(=O)Cc1[nH]n(-c2nc3ccccc3s2)c(=O)c1C(C)=Nc1ccc(Oc2ccccc2)cc1. The van der Waals surface area contributed by atoms with Gasteiger partial charge in [0.25, 0.3) is 5.56 Å². The van der Waals surface area contributed by atoms with Crippen LogP contribution < -0.4 is 10.3 Å². The summed E-state index contributed by atoms with van der Waals surface area (Å²) in [5.74, 6) is 0.938. The quantitative estimate of drug-likeness (QED) is 0.239. The molecule has 0 spiro atoms. The molecule has 180 valence electrons. The number of aromatic amines is 1. The number of nitrogens with zero attached hydrogens (tertiary/aromatic N) is 3. The zero-order valence-electron chi connectivity index (χ0n) is 19.6. The van der Waals surface area contributed by atoms with E-state index < -0.39 is 5.97 Å². The van der Waals surface area contributed by atoms with Crippen LogP contribution in [0.1, 0.15) is 18.2 Å². The average Bonchev–Trinajstić information content (AvgIpc) is 3.46. The van der Waals surface area contributed by atoms with Crippen LogP contribution in [-0.2, 0) is 16.0 Å². The summed E-state index contributed by atoms with van der Waals surface area (Å²) in [5.41, 5.74) is 2.29. The normalized spacial score (nSPS) is 11.6. The first-order chi connectivity index (χ1) is 17.5. The van der Waals surface area contributed by atoms with Crippen molar-refractivity contribution in [3.8, 4) is 16.6 Å². The lowest BCUT2D eigenvalue weighted by Gasteiger charge is -2.06. The van der Waals surface area contributed by atoms with E-state index in [1.54, 1.807) is 19.1 Å². The second kappa shape index (κ2) is 10.0. The second-order valence-electron chi connectivity index (χ2n) is 7.93. The molecule has 0 aliphatic rings. The molecular formula is C27H22N4O4S. The fourth-order valence-electron chi connectivity index (χ4n) is 3.75. The number of fused-ring (bicyclic) bond motifs is 1.